The van der Waals surface area contributed by atoms with Crippen molar-refractivity contribution in [3.8, 4) is 0 Å². The zero-order valence-corrected chi connectivity index (χ0v) is 14.2. The third-order valence-corrected chi connectivity index (χ3v) is 5.52. The van der Waals surface area contributed by atoms with E-state index in [4.69, 9.17) is 11.6 Å². The van der Waals surface area contributed by atoms with Gasteiger partial charge < -0.3 is 5.32 Å². The third kappa shape index (κ3) is 3.81. The molecule has 0 heterocycles. The van der Waals surface area contributed by atoms with E-state index >= 15 is 0 Å². The van der Waals surface area contributed by atoms with Gasteiger partial charge in [-0.25, -0.2) is 0 Å². The molecule has 1 nitrogen and oxygen atoms in total. The maximum atomic E-state index is 6.15. The standard InChI is InChI=1S/C18H19BrClN/c19-17-11-10-16(12-18(17)20)21-15-8-6-14(7-9-15)13-4-2-1-3-5-13/h1-5,10-12,14-15,21H,6-9H2. The van der Waals surface area contributed by atoms with Gasteiger partial charge in [-0.05, 0) is 71.3 Å². The average Bonchev–Trinajstić information content (AvgIpc) is 2.53. The van der Waals surface area contributed by atoms with Crippen molar-refractivity contribution in [1.82, 2.24) is 0 Å². The normalized spacial score (nSPS) is 22.0. The smallest absolute Gasteiger partial charge is 0.0568 e. The second-order valence-corrected chi connectivity index (χ2v) is 6.99. The molecule has 1 aliphatic carbocycles. The van der Waals surface area contributed by atoms with Gasteiger partial charge >= 0.3 is 0 Å². The number of halogens is 2. The zero-order valence-electron chi connectivity index (χ0n) is 11.9. The summed E-state index contributed by atoms with van der Waals surface area (Å²) in [6.07, 6.45) is 4.94. The maximum Gasteiger partial charge on any atom is 0.0568 e. The fraction of sp³-hybridized carbons (Fsp3) is 0.333. The molecule has 0 amide bonds. The Labute approximate surface area is 139 Å². The Morgan fingerprint density at radius 2 is 1.67 bits per heavy atom. The van der Waals surface area contributed by atoms with Crippen molar-refractivity contribution in [2.45, 2.75) is 37.6 Å². The van der Waals surface area contributed by atoms with Crippen LogP contribution in [-0.2, 0) is 0 Å². The minimum Gasteiger partial charge on any atom is -0.382 e. The largest absolute Gasteiger partial charge is 0.382 e. The lowest BCUT2D eigenvalue weighted by Gasteiger charge is -2.30. The van der Waals surface area contributed by atoms with Crippen molar-refractivity contribution >= 4 is 33.2 Å². The summed E-state index contributed by atoms with van der Waals surface area (Å²) in [6.45, 7) is 0. The molecule has 0 bridgehead atoms. The van der Waals surface area contributed by atoms with Crippen LogP contribution >= 0.6 is 27.5 Å². The van der Waals surface area contributed by atoms with E-state index < -0.39 is 0 Å². The molecule has 0 aromatic heterocycles. The molecule has 0 unspecified atom stereocenters. The quantitative estimate of drug-likeness (QED) is 0.679. The molecular weight excluding hydrogens is 346 g/mol. The van der Waals surface area contributed by atoms with Gasteiger partial charge in [0.2, 0.25) is 0 Å². The molecule has 0 spiro atoms. The minimum atomic E-state index is 0.558. The van der Waals surface area contributed by atoms with E-state index in [0.29, 0.717) is 6.04 Å². The highest BCUT2D eigenvalue weighted by atomic mass is 79.9. The highest BCUT2D eigenvalue weighted by Gasteiger charge is 2.22. The van der Waals surface area contributed by atoms with Crippen LogP contribution in [0.1, 0.15) is 37.2 Å². The summed E-state index contributed by atoms with van der Waals surface area (Å²) in [5.74, 6) is 0.720. The van der Waals surface area contributed by atoms with Gasteiger partial charge in [-0.1, -0.05) is 41.9 Å². The van der Waals surface area contributed by atoms with Crippen LogP contribution in [0.2, 0.25) is 5.02 Å². The van der Waals surface area contributed by atoms with Gasteiger partial charge in [-0.2, -0.15) is 0 Å². The van der Waals surface area contributed by atoms with Gasteiger partial charge in [0.15, 0.2) is 0 Å². The second-order valence-electron chi connectivity index (χ2n) is 5.73. The molecular formula is C18H19BrClN. The number of hydrogen-bond acceptors (Lipinski definition) is 1. The number of rotatable bonds is 3. The first kappa shape index (κ1) is 14.9. The van der Waals surface area contributed by atoms with Crippen molar-refractivity contribution in [3.63, 3.8) is 0 Å². The van der Waals surface area contributed by atoms with E-state index in [1.807, 2.05) is 12.1 Å². The Morgan fingerprint density at radius 3 is 2.33 bits per heavy atom. The molecule has 1 aliphatic rings. The van der Waals surface area contributed by atoms with E-state index in [-0.39, 0.29) is 0 Å². The Hall–Kier alpha value is -0.990. The first-order valence-corrected chi connectivity index (χ1v) is 8.66. The lowest BCUT2D eigenvalue weighted by Crippen LogP contribution is -2.25. The van der Waals surface area contributed by atoms with Gasteiger partial charge in [0.1, 0.15) is 0 Å². The summed E-state index contributed by atoms with van der Waals surface area (Å²) in [7, 11) is 0. The molecule has 0 saturated heterocycles. The van der Waals surface area contributed by atoms with Gasteiger partial charge in [0, 0.05) is 16.2 Å². The molecule has 0 atom stereocenters. The summed E-state index contributed by atoms with van der Waals surface area (Å²) in [5, 5.41) is 4.38. The van der Waals surface area contributed by atoms with Crippen molar-refractivity contribution < 1.29 is 0 Å². The fourth-order valence-corrected chi connectivity index (χ4v) is 3.55. The number of hydrogen-bond donors (Lipinski definition) is 1. The lowest BCUT2D eigenvalue weighted by atomic mass is 9.82. The molecule has 0 aliphatic heterocycles. The van der Waals surface area contributed by atoms with Crippen LogP contribution in [0.25, 0.3) is 0 Å². The molecule has 1 saturated carbocycles. The molecule has 110 valence electrons. The van der Waals surface area contributed by atoms with Crippen LogP contribution in [0, 0.1) is 0 Å². The third-order valence-electron chi connectivity index (χ3n) is 4.29. The van der Waals surface area contributed by atoms with E-state index in [2.05, 4.69) is 57.6 Å². The summed E-state index contributed by atoms with van der Waals surface area (Å²) < 4.78 is 0.947. The number of nitrogens with one attached hydrogen (secondary N) is 1. The molecule has 2 aromatic rings. The van der Waals surface area contributed by atoms with Crippen LogP contribution in [-0.4, -0.2) is 6.04 Å². The van der Waals surface area contributed by atoms with Crippen LogP contribution in [0.4, 0.5) is 5.69 Å². The highest BCUT2D eigenvalue weighted by molar-refractivity contribution is 9.10. The van der Waals surface area contributed by atoms with Crippen molar-refractivity contribution in [2.24, 2.45) is 0 Å². The maximum absolute atomic E-state index is 6.15. The Balaban J connectivity index is 1.57. The highest BCUT2D eigenvalue weighted by Crippen LogP contribution is 2.34. The Bertz CT molecular complexity index is 591. The van der Waals surface area contributed by atoms with Crippen molar-refractivity contribution in [3.05, 3.63) is 63.6 Å². The predicted molar refractivity (Wildman–Crippen MR) is 94.2 cm³/mol. The Morgan fingerprint density at radius 1 is 0.952 bits per heavy atom. The topological polar surface area (TPSA) is 12.0 Å². The SMILES string of the molecule is Clc1cc(NC2CCC(c3ccccc3)CC2)ccc1Br. The molecule has 0 radical (unpaired) electrons. The van der Waals surface area contributed by atoms with E-state index in [9.17, 15) is 0 Å². The summed E-state index contributed by atoms with van der Waals surface area (Å²) >= 11 is 9.58. The monoisotopic (exact) mass is 363 g/mol. The summed E-state index contributed by atoms with van der Waals surface area (Å²) in [5.41, 5.74) is 2.61. The molecule has 3 rings (SSSR count). The summed E-state index contributed by atoms with van der Waals surface area (Å²) in [4.78, 5) is 0. The number of benzene rings is 2. The second kappa shape index (κ2) is 6.85. The first-order chi connectivity index (χ1) is 10.2. The fourth-order valence-electron chi connectivity index (χ4n) is 3.12. The van der Waals surface area contributed by atoms with Gasteiger partial charge in [-0.3, -0.25) is 0 Å². The van der Waals surface area contributed by atoms with Gasteiger partial charge in [0.05, 0.1) is 5.02 Å². The molecule has 1 N–H and O–H groups in total. The molecule has 3 heteroatoms. The predicted octanol–water partition coefficient (Wildman–Crippen LogP) is 6.24. The van der Waals surface area contributed by atoms with Crippen LogP contribution < -0.4 is 5.32 Å². The van der Waals surface area contributed by atoms with Crippen LogP contribution in [0.3, 0.4) is 0 Å². The first-order valence-electron chi connectivity index (χ1n) is 7.49. The molecule has 2 aromatic carbocycles. The molecule has 21 heavy (non-hydrogen) atoms. The number of anilines is 1. The zero-order chi connectivity index (χ0) is 14.7. The lowest BCUT2D eigenvalue weighted by molar-refractivity contribution is 0.412. The van der Waals surface area contributed by atoms with Gasteiger partial charge in [0.25, 0.3) is 0 Å². The average molecular weight is 365 g/mol. The van der Waals surface area contributed by atoms with Crippen LogP contribution in [0.5, 0.6) is 0 Å². The Kier molecular flexibility index (Phi) is 4.87. The van der Waals surface area contributed by atoms with Crippen molar-refractivity contribution in [1.29, 1.82) is 0 Å². The summed E-state index contributed by atoms with van der Waals surface area (Å²) in [6, 6.07) is 17.5. The van der Waals surface area contributed by atoms with E-state index in [1.165, 1.54) is 31.2 Å². The minimum absolute atomic E-state index is 0.558. The van der Waals surface area contributed by atoms with Gasteiger partial charge in [-0.15, -0.1) is 0 Å². The van der Waals surface area contributed by atoms with E-state index in [1.54, 1.807) is 0 Å². The molecule has 1 fully saturated rings. The van der Waals surface area contributed by atoms with Crippen molar-refractivity contribution in [2.75, 3.05) is 5.32 Å². The van der Waals surface area contributed by atoms with Crippen LogP contribution in [0.15, 0.2) is 53.0 Å². The van der Waals surface area contributed by atoms with E-state index in [0.717, 1.165) is 21.1 Å².